The monoisotopic (exact) mass is 245 g/mol. The van der Waals surface area contributed by atoms with Crippen molar-refractivity contribution in [2.45, 2.75) is 31.8 Å². The molecule has 3 rings (SSSR count). The maximum atomic E-state index is 10.2. The van der Waals surface area contributed by atoms with Gasteiger partial charge < -0.3 is 5.11 Å². The van der Waals surface area contributed by atoms with Gasteiger partial charge in [0.05, 0.1) is 16.0 Å². The Hall–Kier alpha value is -1.19. The molecule has 0 saturated carbocycles. The number of aliphatic hydroxyl groups excluding tert-OH is 1. The van der Waals surface area contributed by atoms with Crippen molar-refractivity contribution in [1.82, 2.24) is 4.98 Å². The van der Waals surface area contributed by atoms with Crippen LogP contribution in [-0.4, -0.2) is 10.1 Å². The Morgan fingerprint density at radius 3 is 3.00 bits per heavy atom. The lowest BCUT2D eigenvalue weighted by Gasteiger charge is -2.31. The first-order chi connectivity index (χ1) is 8.24. The van der Waals surface area contributed by atoms with Crippen molar-refractivity contribution >= 4 is 11.3 Å². The second kappa shape index (κ2) is 4.24. The molecular formula is C14H15NOS. The van der Waals surface area contributed by atoms with Crippen LogP contribution in [0.3, 0.4) is 0 Å². The quantitative estimate of drug-likeness (QED) is 0.900. The van der Waals surface area contributed by atoms with Gasteiger partial charge in [0.15, 0.2) is 0 Å². The van der Waals surface area contributed by atoms with Crippen molar-refractivity contribution in [3.05, 3.63) is 51.5 Å². The number of nitrogens with zero attached hydrogens (tertiary/aromatic N) is 1. The summed E-state index contributed by atoms with van der Waals surface area (Å²) in [6.45, 7) is 1.97. The molecule has 1 aromatic heterocycles. The van der Waals surface area contributed by atoms with E-state index in [2.05, 4.69) is 29.2 Å². The number of aliphatic hydroxyl groups is 1. The second-order valence-electron chi connectivity index (χ2n) is 4.63. The van der Waals surface area contributed by atoms with E-state index in [1.807, 2.05) is 6.92 Å². The highest BCUT2D eigenvalue weighted by molar-refractivity contribution is 7.11. The van der Waals surface area contributed by atoms with E-state index in [9.17, 15) is 5.11 Å². The fourth-order valence-corrected chi connectivity index (χ4v) is 3.27. The van der Waals surface area contributed by atoms with E-state index < -0.39 is 0 Å². The zero-order valence-corrected chi connectivity index (χ0v) is 10.6. The summed E-state index contributed by atoms with van der Waals surface area (Å²) in [4.78, 5) is 5.18. The molecule has 2 atom stereocenters. The van der Waals surface area contributed by atoms with Gasteiger partial charge in [0.1, 0.15) is 0 Å². The van der Waals surface area contributed by atoms with Crippen LogP contribution in [0.2, 0.25) is 0 Å². The highest BCUT2D eigenvalue weighted by Crippen LogP contribution is 2.41. The zero-order chi connectivity index (χ0) is 11.8. The third-order valence-electron chi connectivity index (χ3n) is 3.44. The summed E-state index contributed by atoms with van der Waals surface area (Å²) in [7, 11) is 0. The van der Waals surface area contributed by atoms with Gasteiger partial charge in [-0.1, -0.05) is 24.3 Å². The van der Waals surface area contributed by atoms with Crippen LogP contribution < -0.4 is 0 Å². The Morgan fingerprint density at radius 1 is 1.47 bits per heavy atom. The fourth-order valence-electron chi connectivity index (χ4n) is 2.49. The third kappa shape index (κ3) is 2.01. The van der Waals surface area contributed by atoms with E-state index in [4.69, 9.17) is 0 Å². The summed E-state index contributed by atoms with van der Waals surface area (Å²) < 4.78 is 0. The van der Waals surface area contributed by atoms with Crippen molar-refractivity contribution in [2.75, 3.05) is 0 Å². The molecule has 1 aliphatic carbocycles. The molecule has 0 spiro atoms. The van der Waals surface area contributed by atoms with E-state index in [1.165, 1.54) is 11.1 Å². The molecule has 1 aromatic carbocycles. The molecule has 2 aromatic rings. The first-order valence-corrected chi connectivity index (χ1v) is 6.74. The predicted molar refractivity (Wildman–Crippen MR) is 69.3 cm³/mol. The van der Waals surface area contributed by atoms with Gasteiger partial charge in [-0.15, -0.1) is 11.3 Å². The summed E-state index contributed by atoms with van der Waals surface area (Å²) in [5, 5.41) is 11.2. The number of aromatic nitrogens is 1. The van der Waals surface area contributed by atoms with E-state index in [1.54, 1.807) is 17.5 Å². The SMILES string of the molecule is Cc1ncc(C(O)CC2Cc3ccccc32)s1. The average molecular weight is 245 g/mol. The lowest BCUT2D eigenvalue weighted by atomic mass is 9.75. The van der Waals surface area contributed by atoms with Gasteiger partial charge in [-0.25, -0.2) is 4.98 Å². The number of rotatable bonds is 3. The van der Waals surface area contributed by atoms with E-state index in [0.717, 1.165) is 22.7 Å². The lowest BCUT2D eigenvalue weighted by Crippen LogP contribution is -2.19. The first kappa shape index (κ1) is 10.9. The summed E-state index contributed by atoms with van der Waals surface area (Å²) in [6, 6.07) is 8.51. The van der Waals surface area contributed by atoms with Gasteiger partial charge in [0, 0.05) is 6.20 Å². The molecule has 3 heteroatoms. The molecule has 2 nitrogen and oxygen atoms in total. The van der Waals surface area contributed by atoms with Gasteiger partial charge in [0.25, 0.3) is 0 Å². The van der Waals surface area contributed by atoms with Crippen LogP contribution in [0, 0.1) is 6.92 Å². The topological polar surface area (TPSA) is 33.1 Å². The summed E-state index contributed by atoms with van der Waals surface area (Å²) in [6.07, 6.45) is 3.36. The summed E-state index contributed by atoms with van der Waals surface area (Å²) >= 11 is 1.59. The number of benzene rings is 1. The molecule has 88 valence electrons. The Morgan fingerprint density at radius 2 is 2.29 bits per heavy atom. The first-order valence-electron chi connectivity index (χ1n) is 5.92. The normalized spacial score (nSPS) is 19.5. The van der Waals surface area contributed by atoms with Gasteiger partial charge in [-0.3, -0.25) is 0 Å². The zero-order valence-electron chi connectivity index (χ0n) is 9.76. The van der Waals surface area contributed by atoms with Gasteiger partial charge in [-0.2, -0.15) is 0 Å². The van der Waals surface area contributed by atoms with Crippen LogP contribution in [0.5, 0.6) is 0 Å². The van der Waals surface area contributed by atoms with Crippen LogP contribution in [0.25, 0.3) is 0 Å². The van der Waals surface area contributed by atoms with Crippen LogP contribution in [0.4, 0.5) is 0 Å². The predicted octanol–water partition coefficient (Wildman–Crippen LogP) is 3.21. The number of fused-ring (bicyclic) bond motifs is 1. The van der Waals surface area contributed by atoms with Crippen LogP contribution in [0.15, 0.2) is 30.5 Å². The summed E-state index contributed by atoms with van der Waals surface area (Å²) in [5.41, 5.74) is 2.85. The van der Waals surface area contributed by atoms with E-state index >= 15 is 0 Å². The number of hydrogen-bond acceptors (Lipinski definition) is 3. The minimum absolute atomic E-state index is 0.362. The number of hydrogen-bond donors (Lipinski definition) is 1. The number of aryl methyl sites for hydroxylation is 1. The van der Waals surface area contributed by atoms with E-state index in [-0.39, 0.29) is 6.10 Å². The molecule has 2 unspecified atom stereocenters. The molecule has 0 aliphatic heterocycles. The maximum absolute atomic E-state index is 10.2. The van der Waals surface area contributed by atoms with Crippen molar-refractivity contribution in [3.63, 3.8) is 0 Å². The molecule has 17 heavy (non-hydrogen) atoms. The van der Waals surface area contributed by atoms with Crippen LogP contribution >= 0.6 is 11.3 Å². The third-order valence-corrected chi connectivity index (χ3v) is 4.45. The fraction of sp³-hybridized carbons (Fsp3) is 0.357. The van der Waals surface area contributed by atoms with Crippen molar-refractivity contribution in [3.8, 4) is 0 Å². The molecule has 0 amide bonds. The second-order valence-corrected chi connectivity index (χ2v) is 5.90. The van der Waals surface area contributed by atoms with Gasteiger partial charge in [-0.05, 0) is 36.8 Å². The summed E-state index contributed by atoms with van der Waals surface area (Å²) in [5.74, 6) is 0.517. The molecule has 0 radical (unpaired) electrons. The Kier molecular flexibility index (Phi) is 2.73. The lowest BCUT2D eigenvalue weighted by molar-refractivity contribution is 0.157. The Bertz CT molecular complexity index is 535. The molecule has 0 fully saturated rings. The molecule has 1 heterocycles. The van der Waals surface area contributed by atoms with E-state index in [0.29, 0.717) is 5.92 Å². The average Bonchev–Trinajstić information content (AvgIpc) is 2.73. The Labute approximate surface area is 105 Å². The minimum atomic E-state index is -0.362. The molecule has 0 bridgehead atoms. The maximum Gasteiger partial charge on any atom is 0.0904 e. The smallest absolute Gasteiger partial charge is 0.0904 e. The molecule has 1 N–H and O–H groups in total. The molecule has 0 saturated heterocycles. The van der Waals surface area contributed by atoms with Crippen molar-refractivity contribution < 1.29 is 5.11 Å². The van der Waals surface area contributed by atoms with Gasteiger partial charge in [0.2, 0.25) is 0 Å². The van der Waals surface area contributed by atoms with Crippen molar-refractivity contribution in [2.24, 2.45) is 0 Å². The standard InChI is InChI=1S/C14H15NOS/c1-9-15-8-14(17-9)13(16)7-11-6-10-4-2-3-5-12(10)11/h2-5,8,11,13,16H,6-7H2,1H3. The van der Waals surface area contributed by atoms with Crippen molar-refractivity contribution in [1.29, 1.82) is 0 Å². The Balaban J connectivity index is 1.70. The van der Waals surface area contributed by atoms with Crippen LogP contribution in [0.1, 0.15) is 39.5 Å². The number of thiazole rings is 1. The van der Waals surface area contributed by atoms with Gasteiger partial charge >= 0.3 is 0 Å². The molecular weight excluding hydrogens is 230 g/mol. The minimum Gasteiger partial charge on any atom is -0.387 e. The highest BCUT2D eigenvalue weighted by atomic mass is 32.1. The van der Waals surface area contributed by atoms with Crippen LogP contribution in [-0.2, 0) is 6.42 Å². The highest BCUT2D eigenvalue weighted by Gasteiger charge is 2.28. The molecule has 1 aliphatic rings. The largest absolute Gasteiger partial charge is 0.387 e.